The van der Waals surface area contributed by atoms with Gasteiger partial charge in [-0.15, -0.1) is 0 Å². The highest BCUT2D eigenvalue weighted by atomic mass is 16.7. The van der Waals surface area contributed by atoms with Gasteiger partial charge in [0.1, 0.15) is 18.7 Å². The Morgan fingerprint density at radius 2 is 1.85 bits per heavy atom. The maximum atomic E-state index is 12.8. The van der Waals surface area contributed by atoms with Crippen LogP contribution < -0.4 is 21.8 Å². The molecular formula is C20H30N6O7. The van der Waals surface area contributed by atoms with Gasteiger partial charge in [-0.1, -0.05) is 49.6 Å². The van der Waals surface area contributed by atoms with Crippen LogP contribution in [0.4, 0.5) is 4.79 Å². The van der Waals surface area contributed by atoms with E-state index in [0.29, 0.717) is 0 Å². The summed E-state index contributed by atoms with van der Waals surface area (Å²) < 4.78 is 9.88. The van der Waals surface area contributed by atoms with Gasteiger partial charge in [0.2, 0.25) is 5.91 Å². The van der Waals surface area contributed by atoms with Gasteiger partial charge in [-0.3, -0.25) is 4.79 Å². The van der Waals surface area contributed by atoms with E-state index in [-0.39, 0.29) is 37.9 Å². The number of carbonyl (C=O) groups is 3. The molecule has 0 bridgehead atoms. The van der Waals surface area contributed by atoms with Crippen molar-refractivity contribution in [2.24, 2.45) is 16.6 Å². The third-order valence-electron chi connectivity index (χ3n) is 4.38. The standard InChI is InChI=1S/C20H30N6O7/c1-13(2)16(24-20(29)33-12-14-8-5-4-6-9-14)17(27)23-15(18(28)32-3)10-7-11-22-19(21)25-26(30)31/h4-6,8-9,13,15-16H,7,10-12H2,1-3H3,(H,23,27)(H,24,29)(H3,21,22,25)/t15-,16?/m0/s1. The number of benzene rings is 1. The Kier molecular flexibility index (Phi) is 11.7. The predicted octanol–water partition coefficient (Wildman–Crippen LogP) is 0.471. The van der Waals surface area contributed by atoms with Crippen molar-refractivity contribution in [3.63, 3.8) is 0 Å². The zero-order valence-corrected chi connectivity index (χ0v) is 18.8. The van der Waals surface area contributed by atoms with Crippen molar-refractivity contribution < 1.29 is 28.9 Å². The SMILES string of the molecule is COC(=O)[C@H](CCCN=C(N)N[N+](=O)[O-])NC(=O)C(NC(=O)OCc1ccccc1)C(C)C. The van der Waals surface area contributed by atoms with Gasteiger partial charge in [0.15, 0.2) is 5.03 Å². The minimum atomic E-state index is -1.01. The number of amides is 2. The van der Waals surface area contributed by atoms with Crippen LogP contribution in [0.15, 0.2) is 35.3 Å². The number of hydrogen-bond donors (Lipinski definition) is 4. The van der Waals surface area contributed by atoms with E-state index in [0.717, 1.165) is 5.56 Å². The number of nitrogens with two attached hydrogens (primary N) is 1. The molecule has 182 valence electrons. The van der Waals surface area contributed by atoms with Crippen molar-refractivity contribution in [3.8, 4) is 0 Å². The van der Waals surface area contributed by atoms with Crippen molar-refractivity contribution in [2.75, 3.05) is 13.7 Å². The summed E-state index contributed by atoms with van der Waals surface area (Å²) in [5.41, 5.74) is 7.82. The molecule has 0 radical (unpaired) electrons. The lowest BCUT2D eigenvalue weighted by Gasteiger charge is -2.24. The average Bonchev–Trinajstić information content (AvgIpc) is 2.77. The number of methoxy groups -OCH3 is 1. The van der Waals surface area contributed by atoms with Crippen LogP contribution in [0.5, 0.6) is 0 Å². The second-order valence-corrected chi connectivity index (χ2v) is 7.29. The molecule has 0 aliphatic heterocycles. The molecule has 0 heterocycles. The Morgan fingerprint density at radius 3 is 2.42 bits per heavy atom. The number of nitro groups is 1. The molecule has 2 atom stereocenters. The summed E-state index contributed by atoms with van der Waals surface area (Å²) in [5, 5.41) is 14.5. The lowest BCUT2D eigenvalue weighted by molar-refractivity contribution is -0.525. The lowest BCUT2D eigenvalue weighted by atomic mass is 10.0. The predicted molar refractivity (Wildman–Crippen MR) is 118 cm³/mol. The van der Waals surface area contributed by atoms with Gasteiger partial charge in [-0.2, -0.15) is 0 Å². The Bertz CT molecular complexity index is 831. The summed E-state index contributed by atoms with van der Waals surface area (Å²) in [4.78, 5) is 51.1. The molecule has 0 saturated carbocycles. The minimum absolute atomic E-state index is 0.0405. The average molecular weight is 466 g/mol. The normalized spacial score (nSPS) is 12.9. The van der Waals surface area contributed by atoms with Crippen LogP contribution >= 0.6 is 0 Å². The molecule has 1 unspecified atom stereocenters. The highest BCUT2D eigenvalue weighted by Gasteiger charge is 2.29. The van der Waals surface area contributed by atoms with Crippen LogP contribution in [0, 0.1) is 16.0 Å². The van der Waals surface area contributed by atoms with Gasteiger partial charge >= 0.3 is 12.1 Å². The maximum absolute atomic E-state index is 12.8. The van der Waals surface area contributed by atoms with Gasteiger partial charge in [0.05, 0.1) is 7.11 Å². The lowest BCUT2D eigenvalue weighted by Crippen LogP contribution is -2.54. The fourth-order valence-corrected chi connectivity index (χ4v) is 2.70. The van der Waals surface area contributed by atoms with Crippen LogP contribution in [0.25, 0.3) is 0 Å². The third kappa shape index (κ3) is 10.8. The van der Waals surface area contributed by atoms with E-state index in [1.54, 1.807) is 31.4 Å². The topological polar surface area (TPSA) is 187 Å². The van der Waals surface area contributed by atoms with Crippen molar-refractivity contribution in [1.82, 2.24) is 16.1 Å². The van der Waals surface area contributed by atoms with Gasteiger partial charge in [0, 0.05) is 6.54 Å². The van der Waals surface area contributed by atoms with Crippen molar-refractivity contribution in [2.45, 2.75) is 45.4 Å². The molecule has 2 amide bonds. The molecule has 0 aliphatic carbocycles. The molecule has 13 heteroatoms. The number of alkyl carbamates (subject to hydrolysis) is 1. The fourth-order valence-electron chi connectivity index (χ4n) is 2.70. The summed E-state index contributed by atoms with van der Waals surface area (Å²) in [6, 6.07) is 7.09. The first-order valence-electron chi connectivity index (χ1n) is 10.2. The molecular weight excluding hydrogens is 436 g/mol. The van der Waals surface area contributed by atoms with Crippen molar-refractivity contribution in [1.29, 1.82) is 0 Å². The Hall–Kier alpha value is -3.90. The molecule has 0 saturated heterocycles. The fraction of sp³-hybridized carbons (Fsp3) is 0.500. The summed E-state index contributed by atoms with van der Waals surface area (Å²) in [6.45, 7) is 3.58. The first-order valence-corrected chi connectivity index (χ1v) is 10.2. The molecule has 5 N–H and O–H groups in total. The minimum Gasteiger partial charge on any atom is -0.467 e. The van der Waals surface area contributed by atoms with E-state index in [9.17, 15) is 24.5 Å². The Labute approximate surface area is 191 Å². The molecule has 13 nitrogen and oxygen atoms in total. The summed E-state index contributed by atoms with van der Waals surface area (Å²) in [7, 11) is 1.18. The highest BCUT2D eigenvalue weighted by molar-refractivity contribution is 5.89. The number of aliphatic imine (C=N–C) groups is 1. The number of ether oxygens (including phenoxy) is 2. The van der Waals surface area contributed by atoms with Gasteiger partial charge < -0.3 is 25.8 Å². The molecule has 1 aromatic rings. The first kappa shape index (κ1) is 27.1. The number of esters is 1. The zero-order valence-electron chi connectivity index (χ0n) is 18.8. The number of hydrazine groups is 1. The molecule has 1 aromatic carbocycles. The smallest absolute Gasteiger partial charge is 0.408 e. The Balaban J connectivity index is 2.66. The van der Waals surface area contributed by atoms with Crippen molar-refractivity contribution >= 4 is 23.9 Å². The van der Waals surface area contributed by atoms with Crippen LogP contribution in [-0.2, 0) is 25.7 Å². The zero-order chi connectivity index (χ0) is 24.8. The number of carbonyl (C=O) groups excluding carboxylic acids is 3. The molecule has 0 aliphatic rings. The first-order chi connectivity index (χ1) is 15.6. The van der Waals surface area contributed by atoms with Gasteiger partial charge in [-0.05, 0) is 24.3 Å². The monoisotopic (exact) mass is 466 g/mol. The highest BCUT2D eigenvalue weighted by Crippen LogP contribution is 2.07. The summed E-state index contributed by atoms with van der Waals surface area (Å²) >= 11 is 0. The summed E-state index contributed by atoms with van der Waals surface area (Å²) in [6.07, 6.45) is -0.360. The molecule has 0 spiro atoms. The van der Waals surface area contributed by atoms with Crippen LogP contribution in [0.2, 0.25) is 0 Å². The van der Waals surface area contributed by atoms with Gasteiger partial charge in [0.25, 0.3) is 5.96 Å². The number of hydrogen-bond acceptors (Lipinski definition) is 8. The van der Waals surface area contributed by atoms with E-state index < -0.39 is 35.1 Å². The van der Waals surface area contributed by atoms with E-state index in [4.69, 9.17) is 15.2 Å². The molecule has 0 aromatic heterocycles. The van der Waals surface area contributed by atoms with E-state index >= 15 is 0 Å². The van der Waals surface area contributed by atoms with Crippen molar-refractivity contribution in [3.05, 3.63) is 46.0 Å². The third-order valence-corrected chi connectivity index (χ3v) is 4.38. The second-order valence-electron chi connectivity index (χ2n) is 7.29. The quantitative estimate of drug-likeness (QED) is 0.0848. The number of guanidine groups is 1. The van der Waals surface area contributed by atoms with Crippen LogP contribution in [0.3, 0.4) is 0 Å². The second kappa shape index (κ2) is 14.2. The van der Waals surface area contributed by atoms with E-state index in [1.165, 1.54) is 7.11 Å². The molecule has 1 rings (SSSR count). The van der Waals surface area contributed by atoms with Crippen LogP contribution in [-0.4, -0.2) is 54.7 Å². The van der Waals surface area contributed by atoms with E-state index in [1.807, 2.05) is 18.2 Å². The van der Waals surface area contributed by atoms with Gasteiger partial charge in [-0.25, -0.2) is 24.7 Å². The molecule has 0 fully saturated rings. The van der Waals surface area contributed by atoms with Crippen LogP contribution in [0.1, 0.15) is 32.3 Å². The Morgan fingerprint density at radius 1 is 1.18 bits per heavy atom. The maximum Gasteiger partial charge on any atom is 0.408 e. The van der Waals surface area contributed by atoms with E-state index in [2.05, 4.69) is 15.6 Å². The number of nitrogens with one attached hydrogen (secondary N) is 3. The summed E-state index contributed by atoms with van der Waals surface area (Å²) in [5.74, 6) is -1.95. The molecule has 33 heavy (non-hydrogen) atoms. The largest absolute Gasteiger partial charge is 0.467 e. The number of nitrogens with zero attached hydrogens (tertiary/aromatic N) is 2. The number of rotatable bonds is 12.